The first-order valence-electron chi connectivity index (χ1n) is 5.71. The predicted octanol–water partition coefficient (Wildman–Crippen LogP) is 2.04. The number of hydrogen-bond donors (Lipinski definition) is 1. The Kier molecular flexibility index (Phi) is 3.61. The molecule has 0 amide bonds. The summed E-state index contributed by atoms with van der Waals surface area (Å²) < 4.78 is 5.77. The highest BCUT2D eigenvalue weighted by molar-refractivity contribution is 5.31. The van der Waals surface area contributed by atoms with Crippen molar-refractivity contribution in [3.63, 3.8) is 0 Å². The molecule has 0 aromatic heterocycles. The Morgan fingerprint density at radius 3 is 3.12 bits per heavy atom. The fourth-order valence-corrected chi connectivity index (χ4v) is 2.18. The lowest BCUT2D eigenvalue weighted by atomic mass is 9.92. The monoisotopic (exact) mass is 215 g/mol. The number of benzene rings is 1. The zero-order valence-corrected chi connectivity index (χ0v) is 9.36. The average molecular weight is 215 g/mol. The van der Waals surface area contributed by atoms with E-state index in [0.717, 1.165) is 19.4 Å². The lowest BCUT2D eigenvalue weighted by Gasteiger charge is -2.30. The van der Waals surface area contributed by atoms with Gasteiger partial charge in [-0.1, -0.05) is 24.3 Å². The van der Waals surface area contributed by atoms with Gasteiger partial charge in [0.1, 0.15) is 0 Å². The van der Waals surface area contributed by atoms with Crippen molar-refractivity contribution in [2.45, 2.75) is 31.4 Å². The zero-order chi connectivity index (χ0) is 11.4. The number of ether oxygens (including phenoxy) is 1. The highest BCUT2D eigenvalue weighted by Gasteiger charge is 2.25. The van der Waals surface area contributed by atoms with Crippen LogP contribution in [0.2, 0.25) is 0 Å². The second-order valence-electron chi connectivity index (χ2n) is 4.15. The van der Waals surface area contributed by atoms with Crippen LogP contribution in [0.15, 0.2) is 24.3 Å². The van der Waals surface area contributed by atoms with Crippen LogP contribution >= 0.6 is 0 Å². The second kappa shape index (κ2) is 5.16. The molecule has 0 fully saturated rings. The number of fused-ring (bicyclic) bond motifs is 1. The second-order valence-corrected chi connectivity index (χ2v) is 4.15. The largest absolute Gasteiger partial charge is 0.372 e. The standard InChI is InChI=1S/C14H17NO/c1-2-3-8-13(15)14-12-7-5-4-6-11(12)9-10-16-14/h1,4-7,13-14H,3,8-10,15H2. The maximum atomic E-state index is 6.13. The van der Waals surface area contributed by atoms with Gasteiger partial charge in [-0.15, -0.1) is 12.3 Å². The number of rotatable bonds is 3. The molecular formula is C14H17NO. The van der Waals surface area contributed by atoms with E-state index in [1.807, 2.05) is 6.07 Å². The molecule has 0 spiro atoms. The number of hydrogen-bond acceptors (Lipinski definition) is 2. The van der Waals surface area contributed by atoms with Crippen molar-refractivity contribution in [2.24, 2.45) is 5.73 Å². The Labute approximate surface area is 96.8 Å². The molecule has 2 heteroatoms. The average Bonchev–Trinajstić information content (AvgIpc) is 2.35. The lowest BCUT2D eigenvalue weighted by molar-refractivity contribution is 0.0230. The minimum Gasteiger partial charge on any atom is -0.372 e. The van der Waals surface area contributed by atoms with Crippen LogP contribution in [0.1, 0.15) is 30.1 Å². The fourth-order valence-electron chi connectivity index (χ4n) is 2.18. The Bertz CT molecular complexity index is 394. The zero-order valence-electron chi connectivity index (χ0n) is 9.36. The lowest BCUT2D eigenvalue weighted by Crippen LogP contribution is -2.33. The molecule has 2 atom stereocenters. The van der Waals surface area contributed by atoms with E-state index < -0.39 is 0 Å². The van der Waals surface area contributed by atoms with Crippen LogP contribution in [0, 0.1) is 12.3 Å². The van der Waals surface area contributed by atoms with Gasteiger partial charge in [-0.2, -0.15) is 0 Å². The van der Waals surface area contributed by atoms with Gasteiger partial charge in [0.2, 0.25) is 0 Å². The summed E-state index contributed by atoms with van der Waals surface area (Å²) in [5, 5.41) is 0. The molecule has 2 N–H and O–H groups in total. The molecule has 2 nitrogen and oxygen atoms in total. The van der Waals surface area contributed by atoms with Crippen LogP contribution in [0.5, 0.6) is 0 Å². The normalized spacial score (nSPS) is 20.9. The van der Waals surface area contributed by atoms with Crippen molar-refractivity contribution in [2.75, 3.05) is 6.61 Å². The SMILES string of the molecule is C#CCCC(N)C1OCCc2ccccc21. The molecule has 0 saturated heterocycles. The maximum absolute atomic E-state index is 6.13. The first kappa shape index (κ1) is 11.2. The number of nitrogens with two attached hydrogens (primary N) is 1. The van der Waals surface area contributed by atoms with Crippen molar-refractivity contribution < 1.29 is 4.74 Å². The Balaban J connectivity index is 2.15. The van der Waals surface area contributed by atoms with Gasteiger partial charge in [-0.3, -0.25) is 0 Å². The van der Waals surface area contributed by atoms with Crippen molar-refractivity contribution in [1.29, 1.82) is 0 Å². The van der Waals surface area contributed by atoms with Gasteiger partial charge in [-0.25, -0.2) is 0 Å². The summed E-state index contributed by atoms with van der Waals surface area (Å²) in [4.78, 5) is 0. The quantitative estimate of drug-likeness (QED) is 0.783. The first-order chi connectivity index (χ1) is 7.83. The number of terminal acetylenes is 1. The molecule has 2 unspecified atom stereocenters. The van der Waals surface area contributed by atoms with E-state index in [0.29, 0.717) is 6.42 Å². The summed E-state index contributed by atoms with van der Waals surface area (Å²) in [7, 11) is 0. The summed E-state index contributed by atoms with van der Waals surface area (Å²) in [5.41, 5.74) is 8.72. The Morgan fingerprint density at radius 2 is 2.31 bits per heavy atom. The van der Waals surface area contributed by atoms with Gasteiger partial charge < -0.3 is 10.5 Å². The van der Waals surface area contributed by atoms with Crippen molar-refractivity contribution in [3.05, 3.63) is 35.4 Å². The molecule has 2 rings (SSSR count). The van der Waals surface area contributed by atoms with E-state index in [2.05, 4.69) is 24.1 Å². The minimum absolute atomic E-state index is 0.00231. The highest BCUT2D eigenvalue weighted by atomic mass is 16.5. The fraction of sp³-hybridized carbons (Fsp3) is 0.429. The Hall–Kier alpha value is -1.30. The molecule has 16 heavy (non-hydrogen) atoms. The van der Waals surface area contributed by atoms with Gasteiger partial charge >= 0.3 is 0 Å². The third kappa shape index (κ3) is 2.27. The summed E-state index contributed by atoms with van der Waals surface area (Å²) >= 11 is 0. The van der Waals surface area contributed by atoms with E-state index in [-0.39, 0.29) is 12.1 Å². The molecule has 1 aliphatic rings. The van der Waals surface area contributed by atoms with Crippen molar-refractivity contribution in [1.82, 2.24) is 0 Å². The molecule has 1 aromatic rings. The molecule has 84 valence electrons. The minimum atomic E-state index is -0.00231. The van der Waals surface area contributed by atoms with Crippen LogP contribution < -0.4 is 5.73 Å². The van der Waals surface area contributed by atoms with Gasteiger partial charge in [0.05, 0.1) is 12.7 Å². The van der Waals surface area contributed by atoms with Crippen LogP contribution in [-0.4, -0.2) is 12.6 Å². The molecular weight excluding hydrogens is 198 g/mol. The van der Waals surface area contributed by atoms with Crippen LogP contribution in [0.4, 0.5) is 0 Å². The summed E-state index contributed by atoms with van der Waals surface area (Å²) in [6.45, 7) is 0.755. The molecule has 0 saturated carbocycles. The third-order valence-electron chi connectivity index (χ3n) is 3.04. The van der Waals surface area contributed by atoms with E-state index in [1.165, 1.54) is 11.1 Å². The van der Waals surface area contributed by atoms with Crippen LogP contribution in [-0.2, 0) is 11.2 Å². The van der Waals surface area contributed by atoms with Gasteiger partial charge in [0, 0.05) is 12.5 Å². The molecule has 0 aliphatic carbocycles. The summed E-state index contributed by atoms with van der Waals surface area (Å²) in [5.74, 6) is 2.63. The molecule has 1 aromatic carbocycles. The topological polar surface area (TPSA) is 35.2 Å². The van der Waals surface area contributed by atoms with Crippen molar-refractivity contribution >= 4 is 0 Å². The van der Waals surface area contributed by atoms with E-state index in [1.54, 1.807) is 0 Å². The summed E-state index contributed by atoms with van der Waals surface area (Å²) in [6.07, 6.45) is 7.77. The van der Waals surface area contributed by atoms with E-state index in [4.69, 9.17) is 16.9 Å². The highest BCUT2D eigenvalue weighted by Crippen LogP contribution is 2.30. The maximum Gasteiger partial charge on any atom is 0.0978 e. The Morgan fingerprint density at radius 1 is 1.50 bits per heavy atom. The summed E-state index contributed by atoms with van der Waals surface area (Å²) in [6, 6.07) is 8.36. The van der Waals surface area contributed by atoms with E-state index in [9.17, 15) is 0 Å². The molecule has 1 aliphatic heterocycles. The van der Waals surface area contributed by atoms with E-state index >= 15 is 0 Å². The third-order valence-corrected chi connectivity index (χ3v) is 3.04. The first-order valence-corrected chi connectivity index (χ1v) is 5.71. The molecule has 1 heterocycles. The molecule has 0 radical (unpaired) electrons. The van der Waals surface area contributed by atoms with Crippen LogP contribution in [0.25, 0.3) is 0 Å². The van der Waals surface area contributed by atoms with Crippen LogP contribution in [0.3, 0.4) is 0 Å². The van der Waals surface area contributed by atoms with Gasteiger partial charge in [0.25, 0.3) is 0 Å². The molecule has 0 bridgehead atoms. The van der Waals surface area contributed by atoms with Gasteiger partial charge in [0.15, 0.2) is 0 Å². The smallest absolute Gasteiger partial charge is 0.0978 e. The van der Waals surface area contributed by atoms with Gasteiger partial charge in [-0.05, 0) is 24.0 Å². The van der Waals surface area contributed by atoms with Crippen molar-refractivity contribution in [3.8, 4) is 12.3 Å². The predicted molar refractivity (Wildman–Crippen MR) is 64.9 cm³/mol.